The van der Waals surface area contributed by atoms with Crippen molar-refractivity contribution in [1.29, 1.82) is 0 Å². The van der Waals surface area contributed by atoms with E-state index in [4.69, 9.17) is 17.3 Å². The number of hydrogen-bond donors (Lipinski definition) is 0. The lowest BCUT2D eigenvalue weighted by atomic mass is 9.97. The Morgan fingerprint density at radius 1 is 0.800 bits per heavy atom. The summed E-state index contributed by atoms with van der Waals surface area (Å²) < 4.78 is 0. The van der Waals surface area contributed by atoms with Crippen molar-refractivity contribution in [3.8, 4) is 0 Å². The number of nitrogens with zero attached hydrogens (tertiary/aromatic N) is 2. The van der Waals surface area contributed by atoms with Gasteiger partial charge in [-0.25, -0.2) is 0 Å². The van der Waals surface area contributed by atoms with E-state index in [2.05, 4.69) is 55.5 Å². The van der Waals surface area contributed by atoms with Gasteiger partial charge in [0.1, 0.15) is 11.8 Å². The van der Waals surface area contributed by atoms with Gasteiger partial charge in [-0.3, -0.25) is 5.01 Å². The number of hydrogen-bond acceptors (Lipinski definition) is 3. The van der Waals surface area contributed by atoms with Crippen LogP contribution in [0.1, 0.15) is 22.7 Å². The average molecular weight is 342 g/mol. The lowest BCUT2D eigenvalue weighted by Gasteiger charge is -2.23. The number of anilines is 1. The van der Waals surface area contributed by atoms with Crippen LogP contribution >= 0.6 is 12.2 Å². The fourth-order valence-electron chi connectivity index (χ4n) is 3.08. The normalized spacial score (nSPS) is 16.8. The van der Waals surface area contributed by atoms with E-state index in [0.29, 0.717) is 0 Å². The van der Waals surface area contributed by atoms with Crippen LogP contribution in [0, 0.1) is 6.92 Å². The molecule has 0 N–H and O–H groups in total. The molecule has 0 saturated carbocycles. The number of thiocarbonyl (C=S) groups is 1. The maximum absolute atomic E-state index is 5.86. The minimum Gasteiger partial charge on any atom is -0.252 e. The van der Waals surface area contributed by atoms with E-state index in [-0.39, 0.29) is 6.04 Å². The molecule has 0 saturated heterocycles. The highest BCUT2D eigenvalue weighted by Crippen LogP contribution is 2.35. The fourth-order valence-corrected chi connectivity index (χ4v) is 3.48. The van der Waals surface area contributed by atoms with Crippen LogP contribution < -0.4 is 5.01 Å². The van der Waals surface area contributed by atoms with E-state index >= 15 is 0 Å². The van der Waals surface area contributed by atoms with Crippen LogP contribution in [0.2, 0.25) is 0 Å². The third-order valence-electron chi connectivity index (χ3n) is 4.40. The van der Waals surface area contributed by atoms with Crippen molar-refractivity contribution in [2.45, 2.75) is 13.0 Å². The molecule has 0 radical (unpaired) electrons. The molecule has 0 spiro atoms. The topological polar surface area (TPSA) is 15.6 Å². The standard InChI is InChI=1S/C22H18N2S/c1-16-12-14-17(15-13-16)20-22(25)21(18-8-4-2-5-9-18)24(23-20)19-10-6-3-7-11-19/h2-15,21H,1H3. The molecule has 0 aliphatic carbocycles. The molecule has 1 unspecified atom stereocenters. The van der Waals surface area contributed by atoms with E-state index < -0.39 is 0 Å². The molecule has 25 heavy (non-hydrogen) atoms. The number of para-hydroxylation sites is 1. The lowest BCUT2D eigenvalue weighted by molar-refractivity contribution is 0.829. The SMILES string of the molecule is Cc1ccc(C2=NN(c3ccccc3)C(c3ccccc3)C2=S)cc1. The summed E-state index contributed by atoms with van der Waals surface area (Å²) in [5, 5.41) is 6.94. The first-order chi connectivity index (χ1) is 12.2. The number of benzene rings is 3. The highest BCUT2D eigenvalue weighted by molar-refractivity contribution is 7.82. The molecule has 3 aromatic rings. The van der Waals surface area contributed by atoms with Crippen LogP contribution in [0.5, 0.6) is 0 Å². The van der Waals surface area contributed by atoms with E-state index in [0.717, 1.165) is 27.4 Å². The van der Waals surface area contributed by atoms with Crippen LogP contribution in [-0.2, 0) is 0 Å². The summed E-state index contributed by atoms with van der Waals surface area (Å²) in [6, 6.07) is 28.9. The zero-order chi connectivity index (χ0) is 17.2. The van der Waals surface area contributed by atoms with Gasteiger partial charge < -0.3 is 0 Å². The van der Waals surface area contributed by atoms with Crippen molar-refractivity contribution in [2.24, 2.45) is 5.10 Å². The van der Waals surface area contributed by atoms with Gasteiger partial charge in [0.25, 0.3) is 0 Å². The molecule has 122 valence electrons. The molecule has 1 aliphatic rings. The molecule has 4 rings (SSSR count). The Kier molecular flexibility index (Phi) is 4.16. The van der Waals surface area contributed by atoms with E-state index in [1.54, 1.807) is 0 Å². The van der Waals surface area contributed by atoms with Crippen molar-refractivity contribution in [3.05, 3.63) is 102 Å². The van der Waals surface area contributed by atoms with Crippen LogP contribution in [0.4, 0.5) is 5.69 Å². The van der Waals surface area contributed by atoms with Crippen molar-refractivity contribution in [1.82, 2.24) is 0 Å². The van der Waals surface area contributed by atoms with Crippen molar-refractivity contribution < 1.29 is 0 Å². The molecule has 0 amide bonds. The van der Waals surface area contributed by atoms with Gasteiger partial charge in [0.15, 0.2) is 0 Å². The van der Waals surface area contributed by atoms with E-state index in [9.17, 15) is 0 Å². The van der Waals surface area contributed by atoms with Crippen LogP contribution in [0.25, 0.3) is 0 Å². The van der Waals surface area contributed by atoms with Gasteiger partial charge in [-0.15, -0.1) is 0 Å². The van der Waals surface area contributed by atoms with E-state index in [1.165, 1.54) is 5.56 Å². The highest BCUT2D eigenvalue weighted by Gasteiger charge is 2.34. The minimum atomic E-state index is -0.0603. The summed E-state index contributed by atoms with van der Waals surface area (Å²) >= 11 is 5.86. The van der Waals surface area contributed by atoms with Crippen LogP contribution in [0.15, 0.2) is 90.0 Å². The zero-order valence-corrected chi connectivity index (χ0v) is 14.8. The number of hydrazone groups is 1. The molecule has 1 atom stereocenters. The maximum Gasteiger partial charge on any atom is 0.115 e. The third kappa shape index (κ3) is 2.99. The second-order valence-electron chi connectivity index (χ2n) is 6.17. The number of rotatable bonds is 3. The molecule has 3 aromatic carbocycles. The molecule has 1 aliphatic heterocycles. The summed E-state index contributed by atoms with van der Waals surface area (Å²) in [6.07, 6.45) is 0. The highest BCUT2D eigenvalue weighted by atomic mass is 32.1. The Bertz CT molecular complexity index is 915. The smallest absolute Gasteiger partial charge is 0.115 e. The molecular weight excluding hydrogens is 324 g/mol. The number of aryl methyl sites for hydroxylation is 1. The Morgan fingerprint density at radius 3 is 2.04 bits per heavy atom. The van der Waals surface area contributed by atoms with Crippen LogP contribution in [-0.4, -0.2) is 10.6 Å². The predicted molar refractivity (Wildman–Crippen MR) is 108 cm³/mol. The van der Waals surface area contributed by atoms with Crippen molar-refractivity contribution in [2.75, 3.05) is 5.01 Å². The summed E-state index contributed by atoms with van der Waals surface area (Å²) in [5.74, 6) is 0. The van der Waals surface area contributed by atoms with Gasteiger partial charge in [0, 0.05) is 5.56 Å². The zero-order valence-electron chi connectivity index (χ0n) is 14.0. The first kappa shape index (κ1) is 15.7. The average Bonchev–Trinajstić information content (AvgIpc) is 3.01. The second kappa shape index (κ2) is 6.61. The van der Waals surface area contributed by atoms with E-state index in [1.807, 2.05) is 41.4 Å². The van der Waals surface area contributed by atoms with Gasteiger partial charge >= 0.3 is 0 Å². The molecule has 2 nitrogen and oxygen atoms in total. The summed E-state index contributed by atoms with van der Waals surface area (Å²) in [4.78, 5) is 0.860. The third-order valence-corrected chi connectivity index (χ3v) is 4.81. The molecule has 3 heteroatoms. The Balaban J connectivity index is 1.81. The monoisotopic (exact) mass is 342 g/mol. The first-order valence-electron chi connectivity index (χ1n) is 8.33. The quantitative estimate of drug-likeness (QED) is 0.598. The van der Waals surface area contributed by atoms with Crippen LogP contribution in [0.3, 0.4) is 0 Å². The second-order valence-corrected chi connectivity index (χ2v) is 6.61. The lowest BCUT2D eigenvalue weighted by Crippen LogP contribution is -2.24. The molecule has 0 fully saturated rings. The summed E-state index contributed by atoms with van der Waals surface area (Å²) in [6.45, 7) is 2.08. The Morgan fingerprint density at radius 2 is 1.40 bits per heavy atom. The van der Waals surface area contributed by atoms with Gasteiger partial charge in [0.2, 0.25) is 0 Å². The molecule has 0 aromatic heterocycles. The van der Waals surface area contributed by atoms with Gasteiger partial charge in [-0.05, 0) is 24.6 Å². The Hall–Kier alpha value is -2.78. The van der Waals surface area contributed by atoms with Gasteiger partial charge in [0.05, 0.1) is 10.6 Å². The van der Waals surface area contributed by atoms with Gasteiger partial charge in [-0.1, -0.05) is 90.6 Å². The first-order valence-corrected chi connectivity index (χ1v) is 8.74. The predicted octanol–water partition coefficient (Wildman–Crippen LogP) is 5.33. The Labute approximate surface area is 153 Å². The summed E-state index contributed by atoms with van der Waals surface area (Å²) in [7, 11) is 0. The van der Waals surface area contributed by atoms with Gasteiger partial charge in [-0.2, -0.15) is 5.10 Å². The minimum absolute atomic E-state index is 0.0603. The molecule has 1 heterocycles. The summed E-state index contributed by atoms with van der Waals surface area (Å²) in [5.41, 5.74) is 5.37. The largest absolute Gasteiger partial charge is 0.252 e. The van der Waals surface area contributed by atoms with Crippen molar-refractivity contribution in [3.63, 3.8) is 0 Å². The van der Waals surface area contributed by atoms with Crippen molar-refractivity contribution >= 4 is 28.5 Å². The maximum atomic E-state index is 5.86. The fraction of sp³-hybridized carbons (Fsp3) is 0.0909. The molecular formula is C22H18N2S. The molecule has 0 bridgehead atoms.